The van der Waals surface area contributed by atoms with Crippen molar-refractivity contribution in [3.05, 3.63) is 0 Å². The van der Waals surface area contributed by atoms with E-state index in [9.17, 15) is 15.0 Å². The van der Waals surface area contributed by atoms with Gasteiger partial charge in [0, 0.05) is 24.4 Å². The van der Waals surface area contributed by atoms with Gasteiger partial charge in [0.25, 0.3) is 0 Å². The van der Waals surface area contributed by atoms with Crippen LogP contribution in [0.3, 0.4) is 0 Å². The van der Waals surface area contributed by atoms with Crippen molar-refractivity contribution < 1.29 is 15.0 Å². The Kier molecular flexibility index (Phi) is 5.22. The summed E-state index contributed by atoms with van der Waals surface area (Å²) in [4.78, 5) is 12.8. The zero-order valence-corrected chi connectivity index (χ0v) is 22.5. The molecule has 188 valence electrons. The third-order valence-electron chi connectivity index (χ3n) is 13.6. The summed E-state index contributed by atoms with van der Waals surface area (Å²) in [7, 11) is 0. The fourth-order valence-corrected chi connectivity index (χ4v) is 11.4. The number of aliphatic hydroxyl groups excluding tert-OH is 2. The molecule has 5 saturated carbocycles. The third-order valence-corrected chi connectivity index (χ3v) is 13.6. The van der Waals surface area contributed by atoms with Crippen molar-refractivity contribution in [3.8, 4) is 0 Å². The molecule has 0 aromatic rings. The van der Waals surface area contributed by atoms with Gasteiger partial charge in [-0.05, 0) is 103 Å². The molecule has 0 heterocycles. The minimum atomic E-state index is -0.433. The van der Waals surface area contributed by atoms with Gasteiger partial charge < -0.3 is 10.2 Å². The van der Waals surface area contributed by atoms with Crippen LogP contribution in [0.15, 0.2) is 0 Å². The summed E-state index contributed by atoms with van der Waals surface area (Å²) in [5.41, 5.74) is 0.415. The zero-order valence-electron chi connectivity index (χ0n) is 22.5. The summed E-state index contributed by atoms with van der Waals surface area (Å²) >= 11 is 0. The summed E-state index contributed by atoms with van der Waals surface area (Å²) in [6.45, 7) is 17.0. The standard InChI is InChI=1S/C30H50O3/c1-19-20(32)8-9-22-27(5)13-14-29(7)23-17-25(2,3)10-11-26(23,4)12-15-30(29,18-31)24(27)21(33)16-28(19,22)6/h19,21-24,31,33H,8-18H2,1-7H3/t19-,21+,22+,23+,24-,26+,27-,28-,29-,30-/m0/s1. The number of rotatable bonds is 1. The number of carbonyl (C=O) groups is 1. The van der Waals surface area contributed by atoms with Crippen molar-refractivity contribution >= 4 is 5.78 Å². The fourth-order valence-electron chi connectivity index (χ4n) is 11.4. The van der Waals surface area contributed by atoms with Crippen molar-refractivity contribution in [1.29, 1.82) is 0 Å². The molecule has 0 amide bonds. The number of ketones is 1. The van der Waals surface area contributed by atoms with Crippen LogP contribution < -0.4 is 0 Å². The van der Waals surface area contributed by atoms with E-state index in [2.05, 4.69) is 48.5 Å². The van der Waals surface area contributed by atoms with E-state index in [0.29, 0.717) is 34.9 Å². The minimum Gasteiger partial charge on any atom is -0.396 e. The van der Waals surface area contributed by atoms with Crippen LogP contribution in [0, 0.1) is 56.2 Å². The first-order chi connectivity index (χ1) is 15.2. The Balaban J connectivity index is 1.62. The molecule has 5 rings (SSSR count). The lowest BCUT2D eigenvalue weighted by atomic mass is 9.29. The van der Waals surface area contributed by atoms with Crippen molar-refractivity contribution in [1.82, 2.24) is 0 Å². The van der Waals surface area contributed by atoms with Gasteiger partial charge >= 0.3 is 0 Å². The first-order valence-corrected chi connectivity index (χ1v) is 14.0. The van der Waals surface area contributed by atoms with Gasteiger partial charge in [-0.2, -0.15) is 0 Å². The smallest absolute Gasteiger partial charge is 0.136 e. The van der Waals surface area contributed by atoms with Crippen molar-refractivity contribution in [2.75, 3.05) is 6.61 Å². The van der Waals surface area contributed by atoms with Crippen LogP contribution in [0.4, 0.5) is 0 Å². The van der Waals surface area contributed by atoms with Crippen molar-refractivity contribution in [2.24, 2.45) is 56.2 Å². The van der Waals surface area contributed by atoms with Gasteiger partial charge in [0.2, 0.25) is 0 Å². The predicted molar refractivity (Wildman–Crippen MR) is 133 cm³/mol. The molecule has 5 aliphatic rings. The van der Waals surface area contributed by atoms with E-state index in [1.807, 2.05) is 0 Å². The summed E-state index contributed by atoms with van der Waals surface area (Å²) in [5, 5.41) is 23.3. The molecule has 0 aliphatic heterocycles. The molecule has 0 radical (unpaired) electrons. The first kappa shape index (κ1) is 24.3. The maximum Gasteiger partial charge on any atom is 0.136 e. The number of Topliss-reactive ketones (excluding diaryl/α,β-unsaturated/α-hetero) is 1. The van der Waals surface area contributed by atoms with E-state index in [4.69, 9.17) is 0 Å². The highest BCUT2D eigenvalue weighted by atomic mass is 16.3. The molecule has 2 N–H and O–H groups in total. The van der Waals surface area contributed by atoms with E-state index in [0.717, 1.165) is 32.1 Å². The largest absolute Gasteiger partial charge is 0.396 e. The van der Waals surface area contributed by atoms with Crippen LogP contribution in [-0.2, 0) is 4.79 Å². The van der Waals surface area contributed by atoms with E-state index in [1.165, 1.54) is 25.7 Å². The normalized spacial score (nSPS) is 58.0. The quantitative estimate of drug-likeness (QED) is 0.478. The number of hydrogen-bond acceptors (Lipinski definition) is 3. The zero-order chi connectivity index (χ0) is 24.2. The molecule has 5 fully saturated rings. The van der Waals surface area contributed by atoms with Crippen LogP contribution in [0.1, 0.15) is 113 Å². The minimum absolute atomic E-state index is 0.0124. The van der Waals surface area contributed by atoms with Gasteiger partial charge in [-0.25, -0.2) is 0 Å². The number of carbonyl (C=O) groups excluding carboxylic acids is 1. The van der Waals surface area contributed by atoms with Gasteiger partial charge in [-0.15, -0.1) is 0 Å². The molecule has 0 bridgehead atoms. The highest BCUT2D eigenvalue weighted by Gasteiger charge is 2.74. The van der Waals surface area contributed by atoms with Crippen LogP contribution in [-0.4, -0.2) is 28.7 Å². The second-order valence-corrected chi connectivity index (χ2v) is 15.3. The molecular weight excluding hydrogens is 408 g/mol. The summed E-state index contributed by atoms with van der Waals surface area (Å²) in [5.74, 6) is 1.60. The summed E-state index contributed by atoms with van der Waals surface area (Å²) in [6.07, 6.45) is 10.3. The third kappa shape index (κ3) is 2.90. The fraction of sp³-hybridized carbons (Fsp3) is 0.967. The molecule has 0 aromatic carbocycles. The Morgan fingerprint density at radius 1 is 0.848 bits per heavy atom. The summed E-state index contributed by atoms with van der Waals surface area (Å²) in [6, 6.07) is 0. The van der Waals surface area contributed by atoms with E-state index in [1.54, 1.807) is 0 Å². The van der Waals surface area contributed by atoms with Crippen LogP contribution >= 0.6 is 0 Å². The molecule has 0 saturated heterocycles. The lowest BCUT2D eigenvalue weighted by Gasteiger charge is -2.75. The average Bonchev–Trinajstić information content (AvgIpc) is 2.73. The first-order valence-electron chi connectivity index (χ1n) is 14.0. The monoisotopic (exact) mass is 458 g/mol. The van der Waals surface area contributed by atoms with Crippen LogP contribution in [0.5, 0.6) is 0 Å². The van der Waals surface area contributed by atoms with E-state index in [-0.39, 0.29) is 40.1 Å². The Morgan fingerprint density at radius 3 is 2.18 bits per heavy atom. The topological polar surface area (TPSA) is 57.5 Å². The van der Waals surface area contributed by atoms with E-state index < -0.39 is 6.10 Å². The van der Waals surface area contributed by atoms with Crippen LogP contribution in [0.25, 0.3) is 0 Å². The lowest BCUT2D eigenvalue weighted by molar-refractivity contribution is -0.296. The van der Waals surface area contributed by atoms with Crippen molar-refractivity contribution in [3.63, 3.8) is 0 Å². The molecule has 3 nitrogen and oxygen atoms in total. The molecule has 0 spiro atoms. The molecule has 0 aromatic heterocycles. The molecule has 33 heavy (non-hydrogen) atoms. The maximum atomic E-state index is 12.8. The number of aliphatic hydroxyl groups is 2. The van der Waals surface area contributed by atoms with Gasteiger partial charge in [0.1, 0.15) is 5.78 Å². The average molecular weight is 459 g/mol. The Labute approximate surface area is 202 Å². The Morgan fingerprint density at radius 2 is 1.52 bits per heavy atom. The Hall–Kier alpha value is -0.410. The SMILES string of the molecule is C[C@H]1C(=O)CC[C@@H]2[C@]3(C)CC[C@@]4(C)[C@@H]5CC(C)(C)CC[C@]5(C)CC[C@]4(CO)[C@H]3[C@H](O)C[C@]21C. The van der Waals surface area contributed by atoms with Gasteiger partial charge in [0.05, 0.1) is 6.10 Å². The Bertz CT molecular complexity index is 834. The number of hydrogen-bond donors (Lipinski definition) is 2. The predicted octanol–water partition coefficient (Wildman–Crippen LogP) is 6.40. The van der Waals surface area contributed by atoms with Gasteiger partial charge in [0.15, 0.2) is 0 Å². The molecule has 10 atom stereocenters. The van der Waals surface area contributed by atoms with E-state index >= 15 is 0 Å². The highest BCUT2D eigenvalue weighted by Crippen LogP contribution is 2.78. The van der Waals surface area contributed by atoms with Gasteiger partial charge in [-0.1, -0.05) is 48.5 Å². The molecule has 0 unspecified atom stereocenters. The lowest BCUT2D eigenvalue weighted by Crippen LogP contribution is -2.72. The number of fused-ring (bicyclic) bond motifs is 7. The van der Waals surface area contributed by atoms with Crippen LogP contribution in [0.2, 0.25) is 0 Å². The molecule has 3 heteroatoms. The second kappa shape index (κ2) is 7.09. The highest BCUT2D eigenvalue weighted by molar-refractivity contribution is 5.82. The summed E-state index contributed by atoms with van der Waals surface area (Å²) < 4.78 is 0. The maximum absolute atomic E-state index is 12.8. The van der Waals surface area contributed by atoms with Crippen molar-refractivity contribution in [2.45, 2.75) is 119 Å². The second-order valence-electron chi connectivity index (χ2n) is 15.3. The van der Waals surface area contributed by atoms with Gasteiger partial charge in [-0.3, -0.25) is 4.79 Å². The molecular formula is C30H50O3. The molecule has 5 aliphatic carbocycles.